The molecule has 23 heavy (non-hydrogen) atoms. The molecule has 0 aliphatic carbocycles. The van der Waals surface area contributed by atoms with Crippen LogP contribution in [0, 0.1) is 6.92 Å². The Bertz CT molecular complexity index is 692. The number of rotatable bonds is 8. The largest absolute Gasteiger partial charge is 0.382 e. The molecule has 2 aromatic rings. The van der Waals surface area contributed by atoms with Gasteiger partial charge in [-0.05, 0) is 43.5 Å². The number of ketones is 1. The molecule has 0 radical (unpaired) electrons. The molecule has 0 bridgehead atoms. The Labute approximate surface area is 141 Å². The van der Waals surface area contributed by atoms with E-state index in [9.17, 15) is 9.59 Å². The molecule has 122 valence electrons. The maximum atomic E-state index is 12.3. The molecule has 0 spiro atoms. The molecule has 0 saturated carbocycles. The Balaban J connectivity index is 2.43. The molecule has 0 amide bonds. The zero-order valence-electron chi connectivity index (χ0n) is 13.3. The van der Waals surface area contributed by atoms with Crippen molar-refractivity contribution in [3.8, 4) is 11.1 Å². The number of hydrogen-bond acceptors (Lipinski definition) is 3. The van der Waals surface area contributed by atoms with E-state index in [0.29, 0.717) is 25.5 Å². The summed E-state index contributed by atoms with van der Waals surface area (Å²) in [4.78, 5) is 23.8. The molecule has 0 aliphatic heterocycles. The zero-order valence-corrected chi connectivity index (χ0v) is 14.1. The number of carbonyl (C=O) groups is 2. The van der Waals surface area contributed by atoms with Gasteiger partial charge in [0.1, 0.15) is 5.69 Å². The summed E-state index contributed by atoms with van der Waals surface area (Å²) in [6, 6.07) is 11.4. The highest BCUT2D eigenvalue weighted by Gasteiger charge is 2.24. The standard InChI is InChI=1S/C18H20ClNO3/c1-3-23-11-7-10-20-13(2)12-15(14-8-5-4-6-9-14)16(20)17(21)18(19)22/h4-6,8-9,12H,3,7,10-11H2,1-2H3. The Morgan fingerprint density at radius 3 is 2.52 bits per heavy atom. The Hall–Kier alpha value is -1.91. The number of halogens is 1. The molecule has 5 heteroatoms. The first kappa shape index (κ1) is 17.4. The van der Waals surface area contributed by atoms with E-state index >= 15 is 0 Å². The van der Waals surface area contributed by atoms with Gasteiger partial charge in [0.15, 0.2) is 0 Å². The molecule has 0 fully saturated rings. The number of benzene rings is 1. The lowest BCUT2D eigenvalue weighted by Gasteiger charge is -2.11. The van der Waals surface area contributed by atoms with Crippen LogP contribution in [0.3, 0.4) is 0 Å². The van der Waals surface area contributed by atoms with Crippen molar-refractivity contribution in [2.24, 2.45) is 0 Å². The van der Waals surface area contributed by atoms with Crippen molar-refractivity contribution in [2.45, 2.75) is 26.8 Å². The molecule has 0 unspecified atom stereocenters. The third kappa shape index (κ3) is 4.09. The third-order valence-electron chi connectivity index (χ3n) is 3.66. The van der Waals surface area contributed by atoms with Gasteiger partial charge < -0.3 is 9.30 Å². The fourth-order valence-electron chi connectivity index (χ4n) is 2.61. The van der Waals surface area contributed by atoms with Crippen LogP contribution < -0.4 is 0 Å². The number of aryl methyl sites for hydroxylation is 1. The molecule has 1 aromatic heterocycles. The van der Waals surface area contributed by atoms with E-state index < -0.39 is 11.0 Å². The summed E-state index contributed by atoms with van der Waals surface area (Å²) < 4.78 is 7.19. The number of Topliss-reactive ketones (excluding diaryl/α,β-unsaturated/α-hetero) is 1. The van der Waals surface area contributed by atoms with Crippen molar-refractivity contribution in [1.29, 1.82) is 0 Å². The lowest BCUT2D eigenvalue weighted by atomic mass is 10.0. The summed E-state index contributed by atoms with van der Waals surface area (Å²) in [6.07, 6.45) is 0.758. The van der Waals surface area contributed by atoms with Crippen LogP contribution in [0.25, 0.3) is 11.1 Å². The number of nitrogens with zero attached hydrogens (tertiary/aromatic N) is 1. The van der Waals surface area contributed by atoms with Gasteiger partial charge in [0.25, 0.3) is 11.0 Å². The molecular formula is C18H20ClNO3. The van der Waals surface area contributed by atoms with Gasteiger partial charge in [-0.1, -0.05) is 30.3 Å². The second-order valence-corrected chi connectivity index (χ2v) is 5.56. The van der Waals surface area contributed by atoms with E-state index in [0.717, 1.165) is 23.2 Å². The van der Waals surface area contributed by atoms with Crippen LogP contribution in [-0.4, -0.2) is 28.8 Å². The lowest BCUT2D eigenvalue weighted by Crippen LogP contribution is -2.17. The van der Waals surface area contributed by atoms with Gasteiger partial charge >= 0.3 is 0 Å². The summed E-state index contributed by atoms with van der Waals surface area (Å²) in [6.45, 7) is 5.73. The number of aromatic nitrogens is 1. The molecule has 4 nitrogen and oxygen atoms in total. The van der Waals surface area contributed by atoms with Gasteiger partial charge in [0.05, 0.1) is 0 Å². The minimum Gasteiger partial charge on any atom is -0.382 e. The van der Waals surface area contributed by atoms with Crippen molar-refractivity contribution in [2.75, 3.05) is 13.2 Å². The van der Waals surface area contributed by atoms with E-state index in [4.69, 9.17) is 16.3 Å². The minimum atomic E-state index is -0.966. The van der Waals surface area contributed by atoms with Crippen LogP contribution in [0.1, 0.15) is 29.5 Å². The quantitative estimate of drug-likeness (QED) is 0.319. The van der Waals surface area contributed by atoms with Gasteiger partial charge in [-0.2, -0.15) is 0 Å². The smallest absolute Gasteiger partial charge is 0.294 e. The van der Waals surface area contributed by atoms with E-state index in [-0.39, 0.29) is 0 Å². The van der Waals surface area contributed by atoms with Crippen molar-refractivity contribution >= 4 is 22.6 Å². The van der Waals surface area contributed by atoms with E-state index in [1.807, 2.05) is 54.8 Å². The zero-order chi connectivity index (χ0) is 16.8. The second kappa shape index (κ2) is 8.09. The average Bonchev–Trinajstić information content (AvgIpc) is 2.88. The topological polar surface area (TPSA) is 48.3 Å². The maximum Gasteiger partial charge on any atom is 0.294 e. The molecular weight excluding hydrogens is 314 g/mol. The summed E-state index contributed by atoms with van der Waals surface area (Å²) >= 11 is 5.46. The predicted molar refractivity (Wildman–Crippen MR) is 90.9 cm³/mol. The van der Waals surface area contributed by atoms with Gasteiger partial charge in [-0.3, -0.25) is 9.59 Å². The Kier molecular flexibility index (Phi) is 6.13. The highest BCUT2D eigenvalue weighted by atomic mass is 35.5. The first-order valence-electron chi connectivity index (χ1n) is 7.63. The monoisotopic (exact) mass is 333 g/mol. The molecule has 0 atom stereocenters. The third-order valence-corrected chi connectivity index (χ3v) is 3.83. The van der Waals surface area contributed by atoms with Crippen LogP contribution >= 0.6 is 11.6 Å². The van der Waals surface area contributed by atoms with Gasteiger partial charge in [0.2, 0.25) is 0 Å². The van der Waals surface area contributed by atoms with Crippen LogP contribution in [-0.2, 0) is 16.1 Å². The van der Waals surface area contributed by atoms with E-state index in [2.05, 4.69) is 0 Å². The molecule has 1 aromatic carbocycles. The molecule has 0 aliphatic rings. The highest BCUT2D eigenvalue weighted by molar-refractivity contribution is 6.83. The van der Waals surface area contributed by atoms with Crippen LogP contribution in [0.4, 0.5) is 0 Å². The minimum absolute atomic E-state index is 0.352. The highest BCUT2D eigenvalue weighted by Crippen LogP contribution is 2.28. The van der Waals surface area contributed by atoms with Gasteiger partial charge in [-0.15, -0.1) is 0 Å². The SMILES string of the molecule is CCOCCCn1c(C)cc(-c2ccccc2)c1C(=O)C(=O)Cl. The predicted octanol–water partition coefficient (Wildman–Crippen LogP) is 3.84. The van der Waals surface area contributed by atoms with Gasteiger partial charge in [-0.25, -0.2) is 0 Å². The Morgan fingerprint density at radius 2 is 1.91 bits per heavy atom. The van der Waals surface area contributed by atoms with Crippen LogP contribution in [0.15, 0.2) is 36.4 Å². The summed E-state index contributed by atoms with van der Waals surface area (Å²) in [7, 11) is 0. The second-order valence-electron chi connectivity index (χ2n) is 5.22. The van der Waals surface area contributed by atoms with Crippen molar-refractivity contribution < 1.29 is 14.3 Å². The molecule has 0 N–H and O–H groups in total. The molecule has 2 rings (SSSR count). The summed E-state index contributed by atoms with van der Waals surface area (Å²) in [5, 5.41) is -0.966. The molecule has 0 saturated heterocycles. The van der Waals surface area contributed by atoms with E-state index in [1.54, 1.807) is 0 Å². The van der Waals surface area contributed by atoms with E-state index in [1.165, 1.54) is 0 Å². The lowest BCUT2D eigenvalue weighted by molar-refractivity contribution is -0.108. The van der Waals surface area contributed by atoms with Crippen LogP contribution in [0.5, 0.6) is 0 Å². The normalized spacial score (nSPS) is 10.7. The fourth-order valence-corrected chi connectivity index (χ4v) is 2.70. The summed E-state index contributed by atoms with van der Waals surface area (Å²) in [5.74, 6) is -0.671. The molecule has 1 heterocycles. The number of ether oxygens (including phenoxy) is 1. The van der Waals surface area contributed by atoms with Crippen molar-refractivity contribution in [1.82, 2.24) is 4.57 Å². The fraction of sp³-hybridized carbons (Fsp3) is 0.333. The van der Waals surface area contributed by atoms with Crippen LogP contribution in [0.2, 0.25) is 0 Å². The maximum absolute atomic E-state index is 12.3. The first-order chi connectivity index (χ1) is 11.1. The first-order valence-corrected chi connectivity index (χ1v) is 8.01. The van der Waals surface area contributed by atoms with Crippen molar-refractivity contribution in [3.63, 3.8) is 0 Å². The Morgan fingerprint density at radius 1 is 1.22 bits per heavy atom. The number of hydrogen-bond donors (Lipinski definition) is 0. The van der Waals surface area contributed by atoms with Gasteiger partial charge in [0, 0.05) is 31.0 Å². The summed E-state index contributed by atoms with van der Waals surface area (Å²) in [5.41, 5.74) is 2.89. The average molecular weight is 334 g/mol. The number of carbonyl (C=O) groups excluding carboxylic acids is 2. The van der Waals surface area contributed by atoms with Crippen molar-refractivity contribution in [3.05, 3.63) is 47.8 Å².